The van der Waals surface area contributed by atoms with Gasteiger partial charge in [0.1, 0.15) is 11.5 Å². The number of nitrogens with zero attached hydrogens (tertiary/aromatic N) is 3. The van der Waals surface area contributed by atoms with Crippen LogP contribution >= 0.6 is 0 Å². The maximum Gasteiger partial charge on any atom is 0.123 e. The predicted octanol–water partition coefficient (Wildman–Crippen LogP) is 0.643. The Labute approximate surface area is 97.1 Å². The van der Waals surface area contributed by atoms with Crippen molar-refractivity contribution in [3.8, 4) is 0 Å². The van der Waals surface area contributed by atoms with E-state index < -0.39 is 11.9 Å². The van der Waals surface area contributed by atoms with E-state index in [9.17, 15) is 9.50 Å². The van der Waals surface area contributed by atoms with Gasteiger partial charge in [-0.2, -0.15) is 0 Å². The van der Waals surface area contributed by atoms with Crippen LogP contribution in [-0.2, 0) is 13.2 Å². The van der Waals surface area contributed by atoms with Crippen molar-refractivity contribution in [1.29, 1.82) is 0 Å². The molecular formula is C11H12FN3O2. The minimum atomic E-state index is -0.862. The molecule has 1 atom stereocenters. The van der Waals surface area contributed by atoms with Crippen LogP contribution in [0.4, 0.5) is 4.39 Å². The molecule has 0 saturated carbocycles. The van der Waals surface area contributed by atoms with Crippen molar-refractivity contribution in [2.45, 2.75) is 19.3 Å². The molecule has 0 spiro atoms. The maximum absolute atomic E-state index is 12.9. The summed E-state index contributed by atoms with van der Waals surface area (Å²) in [5.74, 6) is -0.392. The van der Waals surface area contributed by atoms with E-state index in [2.05, 4.69) is 10.3 Å². The minimum Gasteiger partial charge on any atom is -0.390 e. The summed E-state index contributed by atoms with van der Waals surface area (Å²) in [6, 6.07) is 5.76. The third-order valence-corrected chi connectivity index (χ3v) is 2.34. The van der Waals surface area contributed by atoms with Crippen LogP contribution in [0.2, 0.25) is 0 Å². The first-order valence-corrected chi connectivity index (χ1v) is 5.12. The Kier molecular flexibility index (Phi) is 3.46. The van der Waals surface area contributed by atoms with Gasteiger partial charge in [-0.15, -0.1) is 5.10 Å². The van der Waals surface area contributed by atoms with Gasteiger partial charge in [0.15, 0.2) is 0 Å². The van der Waals surface area contributed by atoms with Crippen molar-refractivity contribution in [3.63, 3.8) is 0 Å². The van der Waals surface area contributed by atoms with E-state index in [4.69, 9.17) is 5.11 Å². The molecule has 2 aromatic rings. The van der Waals surface area contributed by atoms with Crippen molar-refractivity contribution in [1.82, 2.24) is 15.0 Å². The molecule has 0 fully saturated rings. The molecule has 5 nitrogen and oxygen atoms in total. The average molecular weight is 237 g/mol. The van der Waals surface area contributed by atoms with Crippen LogP contribution in [0, 0.1) is 5.82 Å². The molecule has 1 aromatic carbocycles. The predicted molar refractivity (Wildman–Crippen MR) is 57.3 cm³/mol. The molecule has 0 aliphatic carbocycles. The van der Waals surface area contributed by atoms with Crippen LogP contribution < -0.4 is 0 Å². The monoisotopic (exact) mass is 237 g/mol. The van der Waals surface area contributed by atoms with Gasteiger partial charge >= 0.3 is 0 Å². The minimum absolute atomic E-state index is 0.163. The second-order valence-corrected chi connectivity index (χ2v) is 3.66. The second kappa shape index (κ2) is 5.03. The molecule has 1 aromatic heterocycles. The molecule has 0 radical (unpaired) electrons. The van der Waals surface area contributed by atoms with Crippen molar-refractivity contribution < 1.29 is 14.6 Å². The summed E-state index contributed by atoms with van der Waals surface area (Å²) in [5.41, 5.74) is 0.905. The molecule has 17 heavy (non-hydrogen) atoms. The van der Waals surface area contributed by atoms with Crippen LogP contribution in [0.1, 0.15) is 17.4 Å². The molecule has 0 amide bonds. The van der Waals surface area contributed by atoms with Crippen molar-refractivity contribution in [2.75, 3.05) is 0 Å². The van der Waals surface area contributed by atoms with Gasteiger partial charge in [-0.25, -0.2) is 9.07 Å². The van der Waals surface area contributed by atoms with Crippen LogP contribution in [0.15, 0.2) is 30.5 Å². The maximum atomic E-state index is 12.9. The van der Waals surface area contributed by atoms with E-state index in [1.165, 1.54) is 29.1 Å². The quantitative estimate of drug-likeness (QED) is 0.818. The highest BCUT2D eigenvalue weighted by molar-refractivity contribution is 5.18. The molecule has 6 heteroatoms. The van der Waals surface area contributed by atoms with E-state index in [1.54, 1.807) is 6.07 Å². The topological polar surface area (TPSA) is 71.2 Å². The van der Waals surface area contributed by atoms with Gasteiger partial charge in [0.05, 0.1) is 25.5 Å². The first-order chi connectivity index (χ1) is 8.19. The molecule has 0 aliphatic heterocycles. The number of aliphatic hydroxyl groups excluding tert-OH is 2. The highest BCUT2D eigenvalue weighted by Gasteiger charge is 2.10. The van der Waals surface area contributed by atoms with Crippen molar-refractivity contribution in [3.05, 3.63) is 47.5 Å². The first-order valence-electron chi connectivity index (χ1n) is 5.12. The van der Waals surface area contributed by atoms with Gasteiger partial charge in [-0.05, 0) is 17.7 Å². The SMILES string of the molecule is OCc1cn(C[C@H](O)c2cccc(F)c2)nn1. The standard InChI is InChI=1S/C11H12FN3O2/c12-9-3-1-2-8(4-9)11(17)6-15-5-10(7-16)13-14-15/h1-5,11,16-17H,6-7H2/t11-/m0/s1. The smallest absolute Gasteiger partial charge is 0.123 e. The molecule has 0 saturated heterocycles. The number of benzene rings is 1. The number of halogens is 1. The van der Waals surface area contributed by atoms with Crippen LogP contribution in [0.5, 0.6) is 0 Å². The summed E-state index contributed by atoms with van der Waals surface area (Å²) in [7, 11) is 0. The average Bonchev–Trinajstić information content (AvgIpc) is 2.77. The van der Waals surface area contributed by atoms with Gasteiger partial charge < -0.3 is 10.2 Å². The number of aromatic nitrogens is 3. The molecule has 90 valence electrons. The van der Waals surface area contributed by atoms with Gasteiger partial charge in [-0.1, -0.05) is 17.3 Å². The zero-order chi connectivity index (χ0) is 12.3. The van der Waals surface area contributed by atoms with E-state index in [-0.39, 0.29) is 13.2 Å². The van der Waals surface area contributed by atoms with Crippen LogP contribution in [0.3, 0.4) is 0 Å². The number of hydrogen-bond donors (Lipinski definition) is 2. The Bertz CT molecular complexity index is 501. The summed E-state index contributed by atoms with van der Waals surface area (Å²) in [5, 5.41) is 26.1. The number of rotatable bonds is 4. The van der Waals surface area contributed by atoms with E-state index in [1.807, 2.05) is 0 Å². The summed E-state index contributed by atoms with van der Waals surface area (Å²) < 4.78 is 14.3. The van der Waals surface area contributed by atoms with Gasteiger partial charge in [0.25, 0.3) is 0 Å². The Morgan fingerprint density at radius 1 is 1.41 bits per heavy atom. The lowest BCUT2D eigenvalue weighted by Gasteiger charge is -2.10. The summed E-state index contributed by atoms with van der Waals surface area (Å²) >= 11 is 0. The Hall–Kier alpha value is -1.79. The zero-order valence-corrected chi connectivity index (χ0v) is 8.99. The first kappa shape index (κ1) is 11.7. The third-order valence-electron chi connectivity index (χ3n) is 2.34. The van der Waals surface area contributed by atoms with Gasteiger partial charge in [0, 0.05) is 0 Å². The lowest BCUT2D eigenvalue weighted by atomic mass is 10.1. The zero-order valence-electron chi connectivity index (χ0n) is 8.99. The fourth-order valence-electron chi connectivity index (χ4n) is 1.50. The lowest BCUT2D eigenvalue weighted by Crippen LogP contribution is -2.09. The number of aliphatic hydroxyl groups is 2. The molecule has 0 aliphatic rings. The molecule has 0 bridgehead atoms. The largest absolute Gasteiger partial charge is 0.390 e. The fourth-order valence-corrected chi connectivity index (χ4v) is 1.50. The number of hydrogen-bond acceptors (Lipinski definition) is 4. The third kappa shape index (κ3) is 2.86. The van der Waals surface area contributed by atoms with Gasteiger partial charge in [0.2, 0.25) is 0 Å². The second-order valence-electron chi connectivity index (χ2n) is 3.66. The highest BCUT2D eigenvalue weighted by atomic mass is 19.1. The van der Waals surface area contributed by atoms with Crippen LogP contribution in [0.25, 0.3) is 0 Å². The van der Waals surface area contributed by atoms with E-state index in [0.29, 0.717) is 11.3 Å². The summed E-state index contributed by atoms with van der Waals surface area (Å²) in [6.07, 6.45) is 0.668. The fraction of sp³-hybridized carbons (Fsp3) is 0.273. The normalized spacial score (nSPS) is 12.6. The highest BCUT2D eigenvalue weighted by Crippen LogP contribution is 2.15. The Morgan fingerprint density at radius 3 is 2.88 bits per heavy atom. The summed E-state index contributed by atoms with van der Waals surface area (Å²) in [4.78, 5) is 0. The van der Waals surface area contributed by atoms with Crippen molar-refractivity contribution in [2.24, 2.45) is 0 Å². The lowest BCUT2D eigenvalue weighted by molar-refractivity contribution is 0.150. The molecule has 1 heterocycles. The molecule has 2 rings (SSSR count). The molecule has 0 unspecified atom stereocenters. The Morgan fingerprint density at radius 2 is 2.24 bits per heavy atom. The summed E-state index contributed by atoms with van der Waals surface area (Å²) in [6.45, 7) is -0.0352. The molecular weight excluding hydrogens is 225 g/mol. The van der Waals surface area contributed by atoms with Gasteiger partial charge in [-0.3, -0.25) is 0 Å². The van der Waals surface area contributed by atoms with E-state index >= 15 is 0 Å². The van der Waals surface area contributed by atoms with Crippen molar-refractivity contribution >= 4 is 0 Å². The Balaban J connectivity index is 2.08. The van der Waals surface area contributed by atoms with E-state index in [0.717, 1.165) is 0 Å². The molecule has 2 N–H and O–H groups in total. The van der Waals surface area contributed by atoms with Crippen LogP contribution in [-0.4, -0.2) is 25.2 Å².